The molecule has 1 aromatic heterocycles. The molecule has 0 atom stereocenters. The van der Waals surface area contributed by atoms with Crippen LogP contribution in [-0.2, 0) is 6.54 Å². The van der Waals surface area contributed by atoms with Gasteiger partial charge in [-0.15, -0.1) is 0 Å². The molecule has 0 fully saturated rings. The minimum Gasteiger partial charge on any atom is -0.307 e. The molecule has 1 heterocycles. The number of nitrogens with one attached hydrogen (secondary N) is 1. The van der Waals surface area contributed by atoms with Crippen LogP contribution < -0.4 is 5.32 Å². The number of hydrogen-bond acceptors (Lipinski definition) is 4. The second-order valence-electron chi connectivity index (χ2n) is 5.24. The van der Waals surface area contributed by atoms with E-state index in [4.69, 9.17) is 11.6 Å². The van der Waals surface area contributed by atoms with Gasteiger partial charge >= 0.3 is 0 Å². The smallest absolute Gasteiger partial charge is 0.288 e. The van der Waals surface area contributed by atoms with Crippen molar-refractivity contribution >= 4 is 29.0 Å². The number of halogens is 1. The fourth-order valence-electron chi connectivity index (χ4n) is 2.30. The van der Waals surface area contributed by atoms with Crippen molar-refractivity contribution in [3.05, 3.63) is 87.1 Å². The summed E-state index contributed by atoms with van der Waals surface area (Å²) in [5.74, 6) is 0.0148. The van der Waals surface area contributed by atoms with Crippen LogP contribution >= 0.6 is 11.6 Å². The fourth-order valence-corrected chi connectivity index (χ4v) is 2.49. The lowest BCUT2D eigenvalue weighted by atomic mass is 10.2. The van der Waals surface area contributed by atoms with E-state index in [1.165, 1.54) is 12.1 Å². The third-order valence-electron chi connectivity index (χ3n) is 3.54. The van der Waals surface area contributed by atoms with Crippen LogP contribution in [0, 0.1) is 10.1 Å². The minimum absolute atomic E-state index is 0.0179. The van der Waals surface area contributed by atoms with Gasteiger partial charge < -0.3 is 5.32 Å². The third kappa shape index (κ3) is 3.84. The first-order valence-electron chi connectivity index (χ1n) is 7.35. The second kappa shape index (κ2) is 7.14. The molecule has 0 unspecified atom stereocenters. The maximum absolute atomic E-state index is 12.4. The van der Waals surface area contributed by atoms with Crippen molar-refractivity contribution < 1.29 is 9.72 Å². The van der Waals surface area contributed by atoms with Crippen molar-refractivity contribution in [1.29, 1.82) is 0 Å². The van der Waals surface area contributed by atoms with Gasteiger partial charge in [-0.3, -0.25) is 14.9 Å². The van der Waals surface area contributed by atoms with Gasteiger partial charge in [-0.05, 0) is 17.7 Å². The van der Waals surface area contributed by atoms with Crippen LogP contribution in [0.25, 0.3) is 0 Å². The van der Waals surface area contributed by atoms with Gasteiger partial charge in [0.05, 0.1) is 17.7 Å². The molecule has 0 spiro atoms. The zero-order chi connectivity index (χ0) is 17.8. The van der Waals surface area contributed by atoms with Crippen molar-refractivity contribution in [3.63, 3.8) is 0 Å². The topological polar surface area (TPSA) is 90.1 Å². The summed E-state index contributed by atoms with van der Waals surface area (Å²) in [6, 6.07) is 15.2. The molecule has 0 aliphatic carbocycles. The lowest BCUT2D eigenvalue weighted by molar-refractivity contribution is -0.384. The van der Waals surface area contributed by atoms with Gasteiger partial charge in [0.15, 0.2) is 0 Å². The third-order valence-corrected chi connectivity index (χ3v) is 3.86. The van der Waals surface area contributed by atoms with Crippen LogP contribution in [-0.4, -0.2) is 20.6 Å². The first kappa shape index (κ1) is 16.7. The molecule has 0 bridgehead atoms. The van der Waals surface area contributed by atoms with E-state index in [9.17, 15) is 14.9 Å². The summed E-state index contributed by atoms with van der Waals surface area (Å²) in [4.78, 5) is 22.7. The van der Waals surface area contributed by atoms with E-state index >= 15 is 0 Å². The lowest BCUT2D eigenvalue weighted by Crippen LogP contribution is -2.16. The highest BCUT2D eigenvalue weighted by Gasteiger charge is 2.17. The van der Waals surface area contributed by atoms with E-state index in [1.807, 2.05) is 30.3 Å². The molecule has 1 amide bonds. The summed E-state index contributed by atoms with van der Waals surface area (Å²) in [5.41, 5.74) is 0.861. The van der Waals surface area contributed by atoms with Gasteiger partial charge in [-0.25, -0.2) is 4.68 Å². The molecule has 25 heavy (non-hydrogen) atoms. The summed E-state index contributed by atoms with van der Waals surface area (Å²) in [6.07, 6.45) is 1.57. The summed E-state index contributed by atoms with van der Waals surface area (Å²) < 4.78 is 1.64. The standard InChI is InChI=1S/C17H13ClN4O3/c18-14-7-6-13(10-15(14)22(24)25)17(23)20-16-8-9-19-21(16)11-12-4-2-1-3-5-12/h1-10H,11H2,(H,20,23). The van der Waals surface area contributed by atoms with Crippen molar-refractivity contribution in [3.8, 4) is 0 Å². The molecular formula is C17H13ClN4O3. The highest BCUT2D eigenvalue weighted by molar-refractivity contribution is 6.32. The van der Waals surface area contributed by atoms with Crippen LogP contribution in [0.5, 0.6) is 0 Å². The Bertz CT molecular complexity index is 925. The Hall–Kier alpha value is -3.19. The Labute approximate surface area is 148 Å². The predicted octanol–water partition coefficient (Wildman–Crippen LogP) is 3.75. The molecule has 3 aromatic rings. The zero-order valence-electron chi connectivity index (χ0n) is 12.9. The van der Waals surface area contributed by atoms with E-state index in [-0.39, 0.29) is 16.3 Å². The van der Waals surface area contributed by atoms with Crippen LogP contribution in [0.2, 0.25) is 5.02 Å². The molecule has 0 saturated heterocycles. The largest absolute Gasteiger partial charge is 0.307 e. The van der Waals surface area contributed by atoms with E-state index in [1.54, 1.807) is 16.9 Å². The monoisotopic (exact) mass is 356 g/mol. The number of anilines is 1. The normalized spacial score (nSPS) is 10.4. The molecule has 0 radical (unpaired) electrons. The number of carbonyl (C=O) groups excluding carboxylic acids is 1. The van der Waals surface area contributed by atoms with Gasteiger partial charge in [0.25, 0.3) is 11.6 Å². The highest BCUT2D eigenvalue weighted by Crippen LogP contribution is 2.25. The molecule has 8 heteroatoms. The van der Waals surface area contributed by atoms with Gasteiger partial charge in [0.2, 0.25) is 0 Å². The van der Waals surface area contributed by atoms with Gasteiger partial charge in [-0.2, -0.15) is 5.10 Å². The lowest BCUT2D eigenvalue weighted by Gasteiger charge is -2.09. The van der Waals surface area contributed by atoms with E-state index in [0.29, 0.717) is 12.4 Å². The number of amides is 1. The maximum atomic E-state index is 12.4. The molecule has 2 aromatic carbocycles. The number of nitro benzene ring substituents is 1. The number of rotatable bonds is 5. The number of benzene rings is 2. The molecule has 0 saturated carbocycles. The van der Waals surface area contributed by atoms with Crippen molar-refractivity contribution in [2.24, 2.45) is 0 Å². The first-order valence-corrected chi connectivity index (χ1v) is 7.73. The minimum atomic E-state index is -0.626. The number of nitrogens with zero attached hydrogens (tertiary/aromatic N) is 3. The fraction of sp³-hybridized carbons (Fsp3) is 0.0588. The van der Waals surface area contributed by atoms with Gasteiger partial charge in [0, 0.05) is 17.7 Å². The molecule has 0 aliphatic heterocycles. The Balaban J connectivity index is 1.79. The van der Waals surface area contributed by atoms with Crippen LogP contribution in [0.1, 0.15) is 15.9 Å². The number of carbonyl (C=O) groups is 1. The number of hydrogen-bond donors (Lipinski definition) is 1. The SMILES string of the molecule is O=C(Nc1ccnn1Cc1ccccc1)c1ccc(Cl)c([N+](=O)[O-])c1. The summed E-state index contributed by atoms with van der Waals surface area (Å²) >= 11 is 5.77. The van der Waals surface area contributed by atoms with Gasteiger partial charge in [0.1, 0.15) is 10.8 Å². The van der Waals surface area contributed by atoms with Crippen molar-refractivity contribution in [2.45, 2.75) is 6.54 Å². The molecule has 1 N–H and O–H groups in total. The van der Waals surface area contributed by atoms with E-state index in [0.717, 1.165) is 11.6 Å². The summed E-state index contributed by atoms with van der Waals surface area (Å²) in [6.45, 7) is 0.490. The average molecular weight is 357 g/mol. The molecule has 126 valence electrons. The molecule has 3 rings (SSSR count). The highest BCUT2D eigenvalue weighted by atomic mass is 35.5. The molecule has 7 nitrogen and oxygen atoms in total. The summed E-state index contributed by atoms with van der Waals surface area (Å²) in [5, 5.41) is 17.8. The van der Waals surface area contributed by atoms with Crippen molar-refractivity contribution in [2.75, 3.05) is 5.32 Å². The second-order valence-corrected chi connectivity index (χ2v) is 5.64. The quantitative estimate of drug-likeness (QED) is 0.557. The predicted molar refractivity (Wildman–Crippen MR) is 93.8 cm³/mol. The number of aromatic nitrogens is 2. The Kier molecular flexibility index (Phi) is 4.76. The average Bonchev–Trinajstić information content (AvgIpc) is 3.02. The number of nitro groups is 1. The zero-order valence-corrected chi connectivity index (χ0v) is 13.7. The first-order chi connectivity index (χ1) is 12.0. The van der Waals surface area contributed by atoms with E-state index in [2.05, 4.69) is 10.4 Å². The van der Waals surface area contributed by atoms with Crippen molar-refractivity contribution in [1.82, 2.24) is 9.78 Å². The van der Waals surface area contributed by atoms with Gasteiger partial charge in [-0.1, -0.05) is 41.9 Å². The molecule has 0 aliphatic rings. The van der Waals surface area contributed by atoms with E-state index < -0.39 is 10.8 Å². The van der Waals surface area contributed by atoms with Crippen LogP contribution in [0.3, 0.4) is 0 Å². The summed E-state index contributed by atoms with van der Waals surface area (Å²) in [7, 11) is 0. The Morgan fingerprint density at radius 2 is 1.96 bits per heavy atom. The Morgan fingerprint density at radius 3 is 2.68 bits per heavy atom. The Morgan fingerprint density at radius 1 is 1.20 bits per heavy atom. The molecular weight excluding hydrogens is 344 g/mol. The maximum Gasteiger partial charge on any atom is 0.288 e. The van der Waals surface area contributed by atoms with Crippen LogP contribution in [0.4, 0.5) is 11.5 Å². The van der Waals surface area contributed by atoms with Crippen LogP contribution in [0.15, 0.2) is 60.8 Å².